The molecule has 2 atom stereocenters. The van der Waals surface area contributed by atoms with Gasteiger partial charge in [-0.05, 0) is 30.9 Å². The molecule has 1 N–H and O–H groups in total. The Balaban J connectivity index is 2.01. The molecule has 2 aromatic rings. The maximum absolute atomic E-state index is 12.8. The quantitative estimate of drug-likeness (QED) is 0.905. The zero-order valence-electron chi connectivity index (χ0n) is 12.5. The van der Waals surface area contributed by atoms with Gasteiger partial charge in [0.15, 0.2) is 0 Å². The predicted octanol–water partition coefficient (Wildman–Crippen LogP) is 4.35. The molecule has 0 amide bonds. The summed E-state index contributed by atoms with van der Waals surface area (Å²) in [5.41, 5.74) is 0. The summed E-state index contributed by atoms with van der Waals surface area (Å²) in [6.45, 7) is 2.12. The number of hydrogen-bond donors (Lipinski definition) is 1. The fourth-order valence-corrected chi connectivity index (χ4v) is 5.04. The standard InChI is InChI=1S/C17H20ClNO2S/c1-12-6-2-5-9-16(12)19-22(20,21)17-11-10-15(18)13-7-3-4-8-14(13)17/h3-4,7-8,10-12,16,19H,2,5-6,9H2,1H3/t12-,16+/m0/s1. The Morgan fingerprint density at radius 3 is 2.45 bits per heavy atom. The van der Waals surface area contributed by atoms with Crippen LogP contribution in [-0.2, 0) is 10.0 Å². The highest BCUT2D eigenvalue weighted by Gasteiger charge is 2.27. The summed E-state index contributed by atoms with van der Waals surface area (Å²) in [5, 5.41) is 2.01. The Hall–Kier alpha value is -1.10. The lowest BCUT2D eigenvalue weighted by Crippen LogP contribution is -2.41. The van der Waals surface area contributed by atoms with Crippen molar-refractivity contribution in [3.05, 3.63) is 41.4 Å². The van der Waals surface area contributed by atoms with E-state index in [4.69, 9.17) is 11.6 Å². The predicted molar refractivity (Wildman–Crippen MR) is 90.7 cm³/mol. The van der Waals surface area contributed by atoms with Crippen LogP contribution in [-0.4, -0.2) is 14.5 Å². The Bertz CT molecular complexity index is 788. The van der Waals surface area contributed by atoms with Gasteiger partial charge in [-0.15, -0.1) is 0 Å². The summed E-state index contributed by atoms with van der Waals surface area (Å²) >= 11 is 6.18. The van der Waals surface area contributed by atoms with Crippen molar-refractivity contribution in [3.63, 3.8) is 0 Å². The molecule has 1 aliphatic carbocycles. The first-order valence-electron chi connectivity index (χ1n) is 7.68. The van der Waals surface area contributed by atoms with E-state index in [-0.39, 0.29) is 6.04 Å². The molecular weight excluding hydrogens is 318 g/mol. The minimum absolute atomic E-state index is 0.0215. The molecule has 1 aliphatic rings. The maximum atomic E-state index is 12.8. The topological polar surface area (TPSA) is 46.2 Å². The van der Waals surface area contributed by atoms with Gasteiger partial charge in [0, 0.05) is 21.8 Å². The van der Waals surface area contributed by atoms with Crippen molar-refractivity contribution in [2.75, 3.05) is 0 Å². The van der Waals surface area contributed by atoms with Crippen molar-refractivity contribution in [2.45, 2.75) is 43.5 Å². The number of nitrogens with one attached hydrogen (secondary N) is 1. The van der Waals surface area contributed by atoms with Crippen LogP contribution >= 0.6 is 11.6 Å². The first-order valence-corrected chi connectivity index (χ1v) is 9.55. The molecule has 5 heteroatoms. The van der Waals surface area contributed by atoms with Crippen molar-refractivity contribution < 1.29 is 8.42 Å². The van der Waals surface area contributed by atoms with E-state index in [0.29, 0.717) is 21.2 Å². The number of halogens is 1. The van der Waals surface area contributed by atoms with Gasteiger partial charge in [-0.25, -0.2) is 13.1 Å². The highest BCUT2D eigenvalue weighted by atomic mass is 35.5. The van der Waals surface area contributed by atoms with E-state index in [1.54, 1.807) is 18.2 Å². The van der Waals surface area contributed by atoms with Crippen LogP contribution in [0.25, 0.3) is 10.8 Å². The second kappa shape index (κ2) is 6.19. The molecular formula is C17H20ClNO2S. The van der Waals surface area contributed by atoms with Crippen LogP contribution in [0.3, 0.4) is 0 Å². The van der Waals surface area contributed by atoms with Gasteiger partial charge in [0.2, 0.25) is 10.0 Å². The first kappa shape index (κ1) is 15.8. The van der Waals surface area contributed by atoms with Crippen LogP contribution < -0.4 is 4.72 Å². The minimum atomic E-state index is -3.54. The Kier molecular flexibility index (Phi) is 4.44. The van der Waals surface area contributed by atoms with Crippen LogP contribution in [0.15, 0.2) is 41.3 Å². The van der Waals surface area contributed by atoms with Crippen LogP contribution in [0.4, 0.5) is 0 Å². The van der Waals surface area contributed by atoms with Crippen LogP contribution in [0.5, 0.6) is 0 Å². The van der Waals surface area contributed by atoms with E-state index in [1.165, 1.54) is 6.42 Å². The molecule has 3 nitrogen and oxygen atoms in total. The number of rotatable bonds is 3. The molecule has 0 heterocycles. The summed E-state index contributed by atoms with van der Waals surface area (Å²) in [7, 11) is -3.54. The molecule has 118 valence electrons. The maximum Gasteiger partial charge on any atom is 0.241 e. The molecule has 3 rings (SSSR count). The van der Waals surface area contributed by atoms with Gasteiger partial charge in [0.1, 0.15) is 0 Å². The molecule has 0 aromatic heterocycles. The van der Waals surface area contributed by atoms with Gasteiger partial charge in [-0.2, -0.15) is 0 Å². The Morgan fingerprint density at radius 1 is 1.05 bits per heavy atom. The molecule has 1 saturated carbocycles. The van der Waals surface area contributed by atoms with Gasteiger partial charge in [0.25, 0.3) is 0 Å². The third-order valence-electron chi connectivity index (χ3n) is 4.54. The minimum Gasteiger partial charge on any atom is -0.208 e. The summed E-state index contributed by atoms with van der Waals surface area (Å²) in [5.74, 6) is 0.377. The Labute approximate surface area is 136 Å². The van der Waals surface area contributed by atoms with Crippen molar-refractivity contribution in [3.8, 4) is 0 Å². The van der Waals surface area contributed by atoms with Gasteiger partial charge >= 0.3 is 0 Å². The first-order chi connectivity index (χ1) is 10.5. The van der Waals surface area contributed by atoms with E-state index in [2.05, 4.69) is 11.6 Å². The van der Waals surface area contributed by atoms with Crippen molar-refractivity contribution in [1.29, 1.82) is 0 Å². The SMILES string of the molecule is C[C@H]1CCCC[C@H]1NS(=O)(=O)c1ccc(Cl)c2ccccc12. The van der Waals surface area contributed by atoms with Gasteiger partial charge < -0.3 is 0 Å². The summed E-state index contributed by atoms with van der Waals surface area (Å²) in [4.78, 5) is 0.310. The van der Waals surface area contributed by atoms with Crippen LogP contribution in [0.2, 0.25) is 5.02 Å². The van der Waals surface area contributed by atoms with Crippen LogP contribution in [0, 0.1) is 5.92 Å². The fraction of sp³-hybridized carbons (Fsp3) is 0.412. The summed E-state index contributed by atoms with van der Waals surface area (Å²) in [6, 6.07) is 10.6. The molecule has 0 bridgehead atoms. The zero-order valence-corrected chi connectivity index (χ0v) is 14.1. The average molecular weight is 338 g/mol. The molecule has 0 aliphatic heterocycles. The fourth-order valence-electron chi connectivity index (χ4n) is 3.22. The molecule has 2 aromatic carbocycles. The van der Waals surface area contributed by atoms with E-state index in [9.17, 15) is 8.42 Å². The number of fused-ring (bicyclic) bond motifs is 1. The third-order valence-corrected chi connectivity index (χ3v) is 6.42. The van der Waals surface area contributed by atoms with Gasteiger partial charge in [-0.3, -0.25) is 0 Å². The highest BCUT2D eigenvalue weighted by molar-refractivity contribution is 7.89. The molecule has 0 saturated heterocycles. The number of hydrogen-bond acceptors (Lipinski definition) is 2. The third kappa shape index (κ3) is 3.00. The smallest absolute Gasteiger partial charge is 0.208 e. The van der Waals surface area contributed by atoms with Gasteiger partial charge in [0.05, 0.1) is 4.90 Å². The second-order valence-corrected chi connectivity index (χ2v) is 8.17. The molecule has 1 fully saturated rings. The lowest BCUT2D eigenvalue weighted by Gasteiger charge is -2.29. The summed E-state index contributed by atoms with van der Waals surface area (Å²) < 4.78 is 28.5. The van der Waals surface area contributed by atoms with E-state index in [0.717, 1.165) is 24.6 Å². The Morgan fingerprint density at radius 2 is 1.73 bits per heavy atom. The molecule has 22 heavy (non-hydrogen) atoms. The second-order valence-electron chi connectivity index (χ2n) is 6.08. The van der Waals surface area contributed by atoms with Gasteiger partial charge in [-0.1, -0.05) is 55.6 Å². The molecule has 0 spiro atoms. The monoisotopic (exact) mass is 337 g/mol. The molecule has 0 unspecified atom stereocenters. The summed E-state index contributed by atoms with van der Waals surface area (Å²) in [6.07, 6.45) is 4.25. The van der Waals surface area contributed by atoms with Crippen molar-refractivity contribution in [1.82, 2.24) is 4.72 Å². The average Bonchev–Trinajstić information content (AvgIpc) is 2.50. The zero-order chi connectivity index (χ0) is 15.7. The molecule has 0 radical (unpaired) electrons. The normalized spacial score (nSPS) is 22.8. The van der Waals surface area contributed by atoms with E-state index in [1.807, 2.05) is 18.2 Å². The van der Waals surface area contributed by atoms with Crippen molar-refractivity contribution >= 4 is 32.4 Å². The lowest BCUT2D eigenvalue weighted by atomic mass is 9.87. The number of benzene rings is 2. The lowest BCUT2D eigenvalue weighted by molar-refractivity contribution is 0.310. The van der Waals surface area contributed by atoms with E-state index >= 15 is 0 Å². The highest BCUT2D eigenvalue weighted by Crippen LogP contribution is 2.30. The van der Waals surface area contributed by atoms with E-state index < -0.39 is 10.0 Å². The van der Waals surface area contributed by atoms with Crippen LogP contribution in [0.1, 0.15) is 32.6 Å². The number of sulfonamides is 1. The van der Waals surface area contributed by atoms with Crippen molar-refractivity contribution in [2.24, 2.45) is 5.92 Å². The largest absolute Gasteiger partial charge is 0.241 e.